The lowest BCUT2D eigenvalue weighted by molar-refractivity contribution is -0.140. The second-order valence-electron chi connectivity index (χ2n) is 6.76. The first-order valence-electron chi connectivity index (χ1n) is 9.06. The van der Waals surface area contributed by atoms with Gasteiger partial charge < -0.3 is 19.6 Å². The maximum absolute atomic E-state index is 12.9. The number of piperidine rings is 1. The highest BCUT2D eigenvalue weighted by molar-refractivity contribution is 7.99. The van der Waals surface area contributed by atoms with Crippen LogP contribution >= 0.6 is 11.8 Å². The molecule has 1 aromatic carbocycles. The van der Waals surface area contributed by atoms with E-state index in [0.717, 1.165) is 17.7 Å². The van der Waals surface area contributed by atoms with Crippen molar-refractivity contribution < 1.29 is 19.4 Å². The van der Waals surface area contributed by atoms with Gasteiger partial charge in [0.1, 0.15) is 0 Å². The number of aliphatic hydroxyl groups excluding tert-OH is 1. The van der Waals surface area contributed by atoms with E-state index < -0.39 is 0 Å². The standard InChI is InChI=1S/C19H26N2O4S/c1-25-10-8-21-16-5-2-15(19(21)24)12-20(13-16)18(23)14-3-6-17(7-4-14)26-11-9-22/h3-4,6-7,15-16,22H,2,5,8-13H2,1H3/t15-,16+/m1/s1. The van der Waals surface area contributed by atoms with Crippen LogP contribution in [0.15, 0.2) is 29.2 Å². The molecule has 6 nitrogen and oxygen atoms in total. The van der Waals surface area contributed by atoms with E-state index in [0.29, 0.717) is 37.6 Å². The smallest absolute Gasteiger partial charge is 0.253 e. The number of fused-ring (bicyclic) bond motifs is 4. The number of rotatable bonds is 7. The van der Waals surface area contributed by atoms with Gasteiger partial charge in [-0.25, -0.2) is 0 Å². The third-order valence-electron chi connectivity index (χ3n) is 5.08. The summed E-state index contributed by atoms with van der Waals surface area (Å²) in [5, 5.41) is 8.90. The molecular formula is C19H26N2O4S. The molecule has 3 heterocycles. The second-order valence-corrected chi connectivity index (χ2v) is 7.93. The molecule has 0 saturated carbocycles. The highest BCUT2D eigenvalue weighted by Crippen LogP contribution is 2.30. The van der Waals surface area contributed by atoms with Crippen LogP contribution in [0.4, 0.5) is 0 Å². The SMILES string of the molecule is COCCN1C(=O)[C@@H]2CC[C@H]1CN(C(=O)c1ccc(SCCO)cc1)C2. The summed E-state index contributed by atoms with van der Waals surface area (Å²) in [4.78, 5) is 30.4. The fourth-order valence-corrected chi connectivity index (χ4v) is 4.39. The highest BCUT2D eigenvalue weighted by atomic mass is 32.2. The Labute approximate surface area is 158 Å². The summed E-state index contributed by atoms with van der Waals surface area (Å²) in [6, 6.07) is 7.57. The predicted molar refractivity (Wildman–Crippen MR) is 100 cm³/mol. The van der Waals surface area contributed by atoms with Crippen LogP contribution in [0, 0.1) is 5.92 Å². The lowest BCUT2D eigenvalue weighted by Gasteiger charge is -2.35. The fourth-order valence-electron chi connectivity index (χ4n) is 3.73. The van der Waals surface area contributed by atoms with E-state index in [1.54, 1.807) is 18.9 Å². The normalized spacial score (nSPS) is 22.6. The van der Waals surface area contributed by atoms with Gasteiger partial charge >= 0.3 is 0 Å². The molecule has 3 saturated heterocycles. The van der Waals surface area contributed by atoms with Gasteiger partial charge in [0.25, 0.3) is 5.91 Å². The maximum atomic E-state index is 12.9. The Bertz CT molecular complexity index is 637. The quantitative estimate of drug-likeness (QED) is 0.728. The Kier molecular flexibility index (Phi) is 6.56. The van der Waals surface area contributed by atoms with Crippen molar-refractivity contribution in [2.45, 2.75) is 23.8 Å². The molecule has 2 atom stereocenters. The minimum absolute atomic E-state index is 0.0120. The summed E-state index contributed by atoms with van der Waals surface area (Å²) in [6.45, 7) is 2.34. The number of hydrogen-bond donors (Lipinski definition) is 1. The van der Waals surface area contributed by atoms with E-state index in [1.807, 2.05) is 34.1 Å². The average molecular weight is 378 g/mol. The summed E-state index contributed by atoms with van der Waals surface area (Å²) < 4.78 is 5.13. The van der Waals surface area contributed by atoms with Gasteiger partial charge in [-0.15, -0.1) is 11.8 Å². The summed E-state index contributed by atoms with van der Waals surface area (Å²) >= 11 is 1.56. The predicted octanol–water partition coefficient (Wildman–Crippen LogP) is 1.48. The molecule has 7 heteroatoms. The Balaban J connectivity index is 1.69. The van der Waals surface area contributed by atoms with Crippen molar-refractivity contribution in [1.82, 2.24) is 9.80 Å². The summed E-state index contributed by atoms with van der Waals surface area (Å²) in [7, 11) is 1.64. The summed E-state index contributed by atoms with van der Waals surface area (Å²) in [5.41, 5.74) is 0.649. The number of thioether (sulfide) groups is 1. The third kappa shape index (κ3) is 4.22. The number of methoxy groups -OCH3 is 1. The Hall–Kier alpha value is -1.57. The Morgan fingerprint density at radius 2 is 2.04 bits per heavy atom. The minimum atomic E-state index is -0.103. The average Bonchev–Trinajstić information content (AvgIpc) is 2.96. The first-order valence-corrected chi connectivity index (χ1v) is 10.0. The lowest BCUT2D eigenvalue weighted by atomic mass is 9.94. The zero-order chi connectivity index (χ0) is 18.5. The van der Waals surface area contributed by atoms with Crippen LogP contribution in [-0.2, 0) is 9.53 Å². The number of aliphatic hydroxyl groups is 1. The minimum Gasteiger partial charge on any atom is -0.396 e. The van der Waals surface area contributed by atoms with E-state index in [-0.39, 0.29) is 30.4 Å². The van der Waals surface area contributed by atoms with E-state index in [9.17, 15) is 9.59 Å². The number of ether oxygens (including phenoxy) is 1. The number of carbonyl (C=O) groups is 2. The molecule has 3 aliphatic heterocycles. The van der Waals surface area contributed by atoms with Crippen LogP contribution in [0.25, 0.3) is 0 Å². The van der Waals surface area contributed by atoms with E-state index in [4.69, 9.17) is 9.84 Å². The second kappa shape index (κ2) is 8.88. The molecule has 3 fully saturated rings. The first-order chi connectivity index (χ1) is 12.6. The van der Waals surface area contributed by atoms with E-state index in [1.165, 1.54) is 0 Å². The zero-order valence-electron chi connectivity index (χ0n) is 15.1. The van der Waals surface area contributed by atoms with Crippen molar-refractivity contribution in [1.29, 1.82) is 0 Å². The molecule has 26 heavy (non-hydrogen) atoms. The fraction of sp³-hybridized carbons (Fsp3) is 0.579. The molecule has 2 bridgehead atoms. The van der Waals surface area contributed by atoms with Crippen molar-refractivity contribution >= 4 is 23.6 Å². The number of carbonyl (C=O) groups excluding carboxylic acids is 2. The molecule has 0 unspecified atom stereocenters. The first kappa shape index (κ1) is 19.2. The van der Waals surface area contributed by atoms with E-state index >= 15 is 0 Å². The topological polar surface area (TPSA) is 70.1 Å². The van der Waals surface area contributed by atoms with Gasteiger partial charge in [0.15, 0.2) is 0 Å². The highest BCUT2D eigenvalue weighted by Gasteiger charge is 2.41. The molecule has 0 radical (unpaired) electrons. The number of amides is 2. The van der Waals surface area contributed by atoms with Crippen LogP contribution in [0.3, 0.4) is 0 Å². The van der Waals surface area contributed by atoms with Crippen LogP contribution in [0.1, 0.15) is 23.2 Å². The van der Waals surface area contributed by atoms with E-state index in [2.05, 4.69) is 0 Å². The number of benzene rings is 1. The van der Waals surface area contributed by atoms with Crippen molar-refractivity contribution in [3.05, 3.63) is 29.8 Å². The van der Waals surface area contributed by atoms with Crippen LogP contribution in [0.5, 0.6) is 0 Å². The van der Waals surface area contributed by atoms with Crippen molar-refractivity contribution in [2.24, 2.45) is 5.92 Å². The molecular weight excluding hydrogens is 352 g/mol. The maximum Gasteiger partial charge on any atom is 0.253 e. The van der Waals surface area contributed by atoms with Crippen LogP contribution in [0.2, 0.25) is 0 Å². The molecule has 4 rings (SSSR count). The van der Waals surface area contributed by atoms with Gasteiger partial charge in [0, 0.05) is 49.0 Å². The molecule has 1 aromatic rings. The Morgan fingerprint density at radius 1 is 1.27 bits per heavy atom. The molecule has 1 N–H and O–H groups in total. The Morgan fingerprint density at radius 3 is 2.73 bits per heavy atom. The molecule has 0 aliphatic carbocycles. The van der Waals surface area contributed by atoms with Crippen molar-refractivity contribution in [3.8, 4) is 0 Å². The molecule has 3 aliphatic rings. The molecule has 0 spiro atoms. The van der Waals surface area contributed by atoms with Gasteiger partial charge in [-0.05, 0) is 37.1 Å². The zero-order valence-corrected chi connectivity index (χ0v) is 15.9. The molecule has 142 valence electrons. The third-order valence-corrected chi connectivity index (χ3v) is 6.07. The number of hydrogen-bond acceptors (Lipinski definition) is 5. The monoisotopic (exact) mass is 378 g/mol. The van der Waals surface area contributed by atoms with Gasteiger partial charge in [0.05, 0.1) is 19.1 Å². The van der Waals surface area contributed by atoms with Crippen LogP contribution in [-0.4, -0.2) is 78.5 Å². The molecule has 0 aromatic heterocycles. The summed E-state index contributed by atoms with van der Waals surface area (Å²) in [5.74, 6) is 0.683. The molecule has 2 amide bonds. The van der Waals surface area contributed by atoms with Gasteiger partial charge in [-0.1, -0.05) is 0 Å². The van der Waals surface area contributed by atoms with Crippen molar-refractivity contribution in [2.75, 3.05) is 45.7 Å². The van der Waals surface area contributed by atoms with Gasteiger partial charge in [0.2, 0.25) is 5.91 Å². The van der Waals surface area contributed by atoms with Gasteiger partial charge in [-0.2, -0.15) is 0 Å². The lowest BCUT2D eigenvalue weighted by Crippen LogP contribution is -2.49. The largest absolute Gasteiger partial charge is 0.396 e. The van der Waals surface area contributed by atoms with Crippen molar-refractivity contribution in [3.63, 3.8) is 0 Å². The summed E-state index contributed by atoms with van der Waals surface area (Å²) in [6.07, 6.45) is 1.80. The van der Waals surface area contributed by atoms with Crippen LogP contribution < -0.4 is 0 Å². The number of nitrogens with zero attached hydrogens (tertiary/aromatic N) is 2. The van der Waals surface area contributed by atoms with Gasteiger partial charge in [-0.3, -0.25) is 9.59 Å².